The fourth-order valence-electron chi connectivity index (χ4n) is 0.892. The van der Waals surface area contributed by atoms with Crippen molar-refractivity contribution >= 4 is 31.0 Å². The summed E-state index contributed by atoms with van der Waals surface area (Å²) in [6.45, 7) is 3.33. The zero-order valence-corrected chi connectivity index (χ0v) is 11.3. The molecule has 0 rings (SSSR count). The maximum Gasteiger partial charge on any atom is 0.472 e. The number of phosphoric ester groups is 1. The van der Waals surface area contributed by atoms with Gasteiger partial charge in [0.1, 0.15) is 0 Å². The van der Waals surface area contributed by atoms with Crippen LogP contribution >= 0.6 is 31.0 Å². The van der Waals surface area contributed by atoms with Gasteiger partial charge in [-0.25, -0.2) is 4.57 Å². The van der Waals surface area contributed by atoms with Crippen LogP contribution in [0, 0.1) is 0 Å². The van der Waals surface area contributed by atoms with Gasteiger partial charge in [0.15, 0.2) is 0 Å². The standard InChI is InChI=1S/C8H17Cl2O4P/c1-7(3-5-9)13-15(11,12)14-8(2)4-6-10/h7-8H,3-6H2,1-2H3,(H,11,12). The van der Waals surface area contributed by atoms with Crippen LogP contribution in [0.15, 0.2) is 0 Å². The summed E-state index contributed by atoms with van der Waals surface area (Å²) in [6, 6.07) is 0. The van der Waals surface area contributed by atoms with E-state index < -0.39 is 20.0 Å². The summed E-state index contributed by atoms with van der Waals surface area (Å²) in [7, 11) is -3.98. The molecule has 0 saturated heterocycles. The van der Waals surface area contributed by atoms with Crippen LogP contribution in [0.4, 0.5) is 0 Å². The number of halogens is 2. The van der Waals surface area contributed by atoms with Crippen molar-refractivity contribution in [3.8, 4) is 0 Å². The minimum atomic E-state index is -3.98. The van der Waals surface area contributed by atoms with Gasteiger partial charge in [-0.2, -0.15) is 0 Å². The molecule has 0 aromatic rings. The molecule has 7 heteroatoms. The highest BCUT2D eigenvalue weighted by Gasteiger charge is 2.26. The molecule has 0 aliphatic carbocycles. The first-order valence-electron chi connectivity index (χ1n) is 4.72. The third-order valence-corrected chi connectivity index (χ3v) is 3.35. The second-order valence-corrected chi connectivity index (χ2v) is 5.37. The Morgan fingerprint density at radius 2 is 1.47 bits per heavy atom. The lowest BCUT2D eigenvalue weighted by atomic mass is 10.3. The van der Waals surface area contributed by atoms with E-state index in [-0.39, 0.29) is 0 Å². The Labute approximate surface area is 100 Å². The lowest BCUT2D eigenvalue weighted by Gasteiger charge is -2.19. The van der Waals surface area contributed by atoms with Crippen molar-refractivity contribution in [2.24, 2.45) is 0 Å². The molecule has 0 aliphatic heterocycles. The van der Waals surface area contributed by atoms with E-state index in [1.807, 2.05) is 0 Å². The fourth-order valence-corrected chi connectivity index (χ4v) is 2.68. The van der Waals surface area contributed by atoms with Crippen LogP contribution in [-0.2, 0) is 13.6 Å². The number of hydrogen-bond acceptors (Lipinski definition) is 3. The first-order chi connectivity index (χ1) is 6.91. The summed E-state index contributed by atoms with van der Waals surface area (Å²) in [5, 5.41) is 0. The van der Waals surface area contributed by atoms with Crippen molar-refractivity contribution in [1.82, 2.24) is 0 Å². The average molecular weight is 279 g/mol. The zero-order chi connectivity index (χ0) is 11.9. The molecular weight excluding hydrogens is 262 g/mol. The topological polar surface area (TPSA) is 55.8 Å². The van der Waals surface area contributed by atoms with Gasteiger partial charge in [0.05, 0.1) is 12.2 Å². The van der Waals surface area contributed by atoms with E-state index in [1.54, 1.807) is 13.8 Å². The third-order valence-electron chi connectivity index (χ3n) is 1.66. The van der Waals surface area contributed by atoms with Gasteiger partial charge in [0, 0.05) is 11.8 Å². The Morgan fingerprint density at radius 1 is 1.13 bits per heavy atom. The molecule has 0 spiro atoms. The van der Waals surface area contributed by atoms with Crippen LogP contribution in [0.3, 0.4) is 0 Å². The summed E-state index contributed by atoms with van der Waals surface area (Å²) in [4.78, 5) is 9.33. The summed E-state index contributed by atoms with van der Waals surface area (Å²) in [5.41, 5.74) is 0. The Hall–Kier alpha value is 0.690. The molecule has 92 valence electrons. The first kappa shape index (κ1) is 15.7. The summed E-state index contributed by atoms with van der Waals surface area (Å²) in [5.74, 6) is 0.747. The van der Waals surface area contributed by atoms with Gasteiger partial charge < -0.3 is 4.89 Å². The summed E-state index contributed by atoms with van der Waals surface area (Å²) in [6.07, 6.45) is 0.196. The van der Waals surface area contributed by atoms with Crippen LogP contribution in [0.25, 0.3) is 0 Å². The Morgan fingerprint density at radius 3 is 1.73 bits per heavy atom. The molecule has 2 unspecified atom stereocenters. The van der Waals surface area contributed by atoms with Crippen molar-refractivity contribution in [2.75, 3.05) is 11.8 Å². The summed E-state index contributed by atoms with van der Waals surface area (Å²) < 4.78 is 21.1. The maximum atomic E-state index is 11.4. The van der Waals surface area contributed by atoms with Crippen molar-refractivity contribution < 1.29 is 18.5 Å². The van der Waals surface area contributed by atoms with E-state index in [9.17, 15) is 9.46 Å². The maximum absolute atomic E-state index is 11.4. The molecular formula is C8H17Cl2O4P. The van der Waals surface area contributed by atoms with Gasteiger partial charge >= 0.3 is 7.82 Å². The second kappa shape index (κ2) is 7.88. The Kier molecular flexibility index (Phi) is 8.24. The smallest absolute Gasteiger partial charge is 0.302 e. The predicted octanol–water partition coefficient (Wildman–Crippen LogP) is 3.15. The molecule has 0 aromatic heterocycles. The molecule has 0 saturated carbocycles. The molecule has 0 amide bonds. The quantitative estimate of drug-likeness (QED) is 0.547. The van der Waals surface area contributed by atoms with E-state index in [0.717, 1.165) is 0 Å². The highest BCUT2D eigenvalue weighted by molar-refractivity contribution is 7.47. The van der Waals surface area contributed by atoms with E-state index in [4.69, 9.17) is 32.2 Å². The number of phosphoric acid groups is 1. The molecule has 0 bridgehead atoms. The molecule has 0 aliphatic rings. The van der Waals surface area contributed by atoms with Crippen LogP contribution in [-0.4, -0.2) is 28.9 Å². The van der Waals surface area contributed by atoms with E-state index in [0.29, 0.717) is 24.6 Å². The van der Waals surface area contributed by atoms with Crippen molar-refractivity contribution in [1.29, 1.82) is 0 Å². The molecule has 0 heterocycles. The largest absolute Gasteiger partial charge is 0.472 e. The van der Waals surface area contributed by atoms with Crippen LogP contribution < -0.4 is 0 Å². The van der Waals surface area contributed by atoms with Crippen molar-refractivity contribution in [3.63, 3.8) is 0 Å². The molecule has 4 nitrogen and oxygen atoms in total. The minimum Gasteiger partial charge on any atom is -0.302 e. The number of rotatable bonds is 8. The molecule has 0 fully saturated rings. The van der Waals surface area contributed by atoms with Gasteiger partial charge in [-0.05, 0) is 26.7 Å². The number of alkyl halides is 2. The third kappa shape index (κ3) is 8.49. The minimum absolute atomic E-state index is 0.373. The normalized spacial score (nSPS) is 19.5. The number of hydrogen-bond donors (Lipinski definition) is 1. The fraction of sp³-hybridized carbons (Fsp3) is 1.00. The lowest BCUT2D eigenvalue weighted by Crippen LogP contribution is -2.13. The lowest BCUT2D eigenvalue weighted by molar-refractivity contribution is 0.0840. The van der Waals surface area contributed by atoms with Gasteiger partial charge in [-0.1, -0.05) is 0 Å². The van der Waals surface area contributed by atoms with Crippen LogP contribution in [0.1, 0.15) is 26.7 Å². The predicted molar refractivity (Wildman–Crippen MR) is 61.6 cm³/mol. The van der Waals surface area contributed by atoms with E-state index >= 15 is 0 Å². The van der Waals surface area contributed by atoms with Crippen molar-refractivity contribution in [3.05, 3.63) is 0 Å². The molecule has 2 atom stereocenters. The van der Waals surface area contributed by atoms with Gasteiger partial charge in [-0.15, -0.1) is 23.2 Å². The highest BCUT2D eigenvalue weighted by atomic mass is 35.5. The van der Waals surface area contributed by atoms with Gasteiger partial charge in [-0.3, -0.25) is 9.05 Å². The SMILES string of the molecule is CC(CCCl)OP(=O)(O)OC(C)CCCl. The van der Waals surface area contributed by atoms with E-state index in [2.05, 4.69) is 0 Å². The zero-order valence-electron chi connectivity index (χ0n) is 8.86. The molecule has 0 radical (unpaired) electrons. The van der Waals surface area contributed by atoms with Crippen molar-refractivity contribution in [2.45, 2.75) is 38.9 Å². The Balaban J connectivity index is 4.00. The molecule has 1 N–H and O–H groups in total. The van der Waals surface area contributed by atoms with Gasteiger partial charge in [0.25, 0.3) is 0 Å². The van der Waals surface area contributed by atoms with Gasteiger partial charge in [0.2, 0.25) is 0 Å². The average Bonchev–Trinajstić information content (AvgIpc) is 2.01. The Bertz CT molecular complexity index is 197. The van der Waals surface area contributed by atoms with Crippen LogP contribution in [0.5, 0.6) is 0 Å². The molecule has 15 heavy (non-hydrogen) atoms. The van der Waals surface area contributed by atoms with E-state index in [1.165, 1.54) is 0 Å². The van der Waals surface area contributed by atoms with Crippen LogP contribution in [0.2, 0.25) is 0 Å². The highest BCUT2D eigenvalue weighted by Crippen LogP contribution is 2.46. The molecule has 0 aromatic carbocycles. The summed E-state index contributed by atoms with van der Waals surface area (Å²) >= 11 is 10.9. The monoisotopic (exact) mass is 278 g/mol. The first-order valence-corrected chi connectivity index (χ1v) is 7.29. The second-order valence-electron chi connectivity index (χ2n) is 3.26.